The van der Waals surface area contributed by atoms with Gasteiger partial charge in [0.2, 0.25) is 14.7 Å². The summed E-state index contributed by atoms with van der Waals surface area (Å²) in [5, 5.41) is -0.436. The van der Waals surface area contributed by atoms with Crippen LogP contribution in [0.4, 0.5) is 0 Å². The van der Waals surface area contributed by atoms with Crippen molar-refractivity contribution in [2.24, 2.45) is 0 Å². The molecule has 0 aromatic carbocycles. The number of hydrogen-bond donors (Lipinski definition) is 0. The van der Waals surface area contributed by atoms with Crippen LogP contribution in [0.1, 0.15) is 20.8 Å². The molecular weight excluding hydrogens is 194 g/mol. The fourth-order valence-electron chi connectivity index (χ4n) is 0.498. The summed E-state index contributed by atoms with van der Waals surface area (Å²) in [6.45, 7) is 9.97. The van der Waals surface area contributed by atoms with E-state index in [1.54, 1.807) is 0 Å². The quantitative estimate of drug-likeness (QED) is 0.660. The molecule has 1 unspecified atom stereocenters. The van der Waals surface area contributed by atoms with Crippen molar-refractivity contribution in [1.29, 1.82) is 0 Å². The molecule has 0 saturated heterocycles. The lowest BCUT2D eigenvalue weighted by molar-refractivity contribution is 0.446. The van der Waals surface area contributed by atoms with E-state index in [4.69, 9.17) is 4.31 Å². The minimum Gasteiger partial charge on any atom is -0.293 e. The first-order chi connectivity index (χ1) is 4.96. The van der Waals surface area contributed by atoms with Gasteiger partial charge in [0, 0.05) is 25.2 Å². The zero-order valence-corrected chi connectivity index (χ0v) is 10.4. The van der Waals surface area contributed by atoms with Crippen molar-refractivity contribution < 1.29 is 13.4 Å². The maximum atomic E-state index is 11.9. The largest absolute Gasteiger partial charge is 0.293 e. The molecule has 0 heterocycles. The van der Waals surface area contributed by atoms with Crippen molar-refractivity contribution in [2.45, 2.75) is 25.9 Å². The van der Waals surface area contributed by atoms with Crippen LogP contribution in [0, 0.1) is 0 Å². The Morgan fingerprint density at radius 1 is 1.00 bits per heavy atom. The zero-order valence-electron chi connectivity index (χ0n) is 8.62. The van der Waals surface area contributed by atoms with Gasteiger partial charge in [-0.2, -0.15) is 0 Å². The predicted molar refractivity (Wildman–Crippen MR) is 53.8 cm³/mol. The average molecular weight is 212 g/mol. The number of rotatable bonds is 2. The third-order valence-electron chi connectivity index (χ3n) is 1.57. The second-order valence-corrected chi connectivity index (χ2v) is 10.5. The van der Waals surface area contributed by atoms with Gasteiger partial charge in [-0.25, -0.2) is 0 Å². The van der Waals surface area contributed by atoms with E-state index in [0.717, 1.165) is 0 Å². The van der Waals surface area contributed by atoms with E-state index in [1.165, 1.54) is 20.0 Å². The van der Waals surface area contributed by atoms with Gasteiger partial charge in [-0.1, -0.05) is 20.8 Å². The van der Waals surface area contributed by atoms with Gasteiger partial charge in [0.15, 0.2) is 0 Å². The Hall–Kier alpha value is 0.420. The van der Waals surface area contributed by atoms with Crippen LogP contribution < -0.4 is 0 Å². The van der Waals surface area contributed by atoms with Crippen molar-refractivity contribution >= 4 is 14.7 Å². The summed E-state index contributed by atoms with van der Waals surface area (Å²) >= 11 is 0. The average Bonchev–Trinajstić information content (AvgIpc) is 1.52. The molecule has 5 heteroatoms. The van der Waals surface area contributed by atoms with Crippen molar-refractivity contribution in [3.63, 3.8) is 0 Å². The summed E-state index contributed by atoms with van der Waals surface area (Å²) in [7, 11) is -5.41. The molecule has 0 N–H and O–H groups in total. The maximum absolute atomic E-state index is 11.9. The molecule has 0 amide bonds. The predicted octanol–water partition coefficient (Wildman–Crippen LogP) is 3.25. The Bertz CT molecular complexity index is 246. The summed E-state index contributed by atoms with van der Waals surface area (Å²) in [6.07, 6.45) is 0. The Morgan fingerprint density at radius 2 is 1.33 bits per heavy atom. The minimum atomic E-state index is -2.76. The smallest absolute Gasteiger partial charge is 0.210 e. The van der Waals surface area contributed by atoms with Crippen LogP contribution in [-0.4, -0.2) is 25.2 Å². The first-order valence-electron chi connectivity index (χ1n) is 3.80. The fraction of sp³-hybridized carbons (Fsp3) is 1.00. The molecule has 0 aromatic rings. The van der Waals surface area contributed by atoms with Crippen molar-refractivity contribution in [3.05, 3.63) is 0 Å². The second kappa shape index (κ2) is 3.29. The molecule has 0 aliphatic carbocycles. The molecule has 0 rings (SSSR count). The lowest BCUT2D eigenvalue weighted by Crippen LogP contribution is -2.15. The Kier molecular flexibility index (Phi) is 3.40. The first kappa shape index (κ1) is 12.4. The van der Waals surface area contributed by atoms with Crippen molar-refractivity contribution in [2.75, 3.05) is 20.0 Å². The summed E-state index contributed by atoms with van der Waals surface area (Å²) in [4.78, 5) is 0. The Morgan fingerprint density at radius 3 is 1.42 bits per heavy atom. The van der Waals surface area contributed by atoms with Crippen molar-refractivity contribution in [3.8, 4) is 0 Å². The number of hydrogen-bond acceptors (Lipinski definition) is 3. The minimum absolute atomic E-state index is 0.436. The zero-order chi connectivity index (χ0) is 10.2. The van der Waals surface area contributed by atoms with Gasteiger partial charge < -0.3 is 0 Å². The topological polar surface area (TPSA) is 43.4 Å². The third-order valence-corrected chi connectivity index (χ3v) is 6.83. The molecule has 12 heavy (non-hydrogen) atoms. The lowest BCUT2D eigenvalue weighted by Gasteiger charge is -2.28. The van der Waals surface area contributed by atoms with E-state index in [2.05, 4.69) is 0 Å². The molecule has 0 radical (unpaired) electrons. The standard InChI is InChI=1S/C7H18O3P2/c1-7(2,3)12(6,9)10-11(4,5)8/h1-6H3. The molecule has 74 valence electrons. The highest BCUT2D eigenvalue weighted by Crippen LogP contribution is 2.64. The van der Waals surface area contributed by atoms with Gasteiger partial charge >= 0.3 is 0 Å². The van der Waals surface area contributed by atoms with Crippen LogP contribution in [0.5, 0.6) is 0 Å². The van der Waals surface area contributed by atoms with Crippen LogP contribution in [0.15, 0.2) is 0 Å². The van der Waals surface area contributed by atoms with Crippen LogP contribution in [0.2, 0.25) is 0 Å². The van der Waals surface area contributed by atoms with E-state index in [1.807, 2.05) is 20.8 Å². The lowest BCUT2D eigenvalue weighted by atomic mass is 10.3. The maximum Gasteiger partial charge on any atom is 0.210 e. The monoisotopic (exact) mass is 212 g/mol. The summed E-state index contributed by atoms with van der Waals surface area (Å²) in [5.41, 5.74) is 0. The fourth-order valence-corrected chi connectivity index (χ4v) is 4.48. The summed E-state index contributed by atoms with van der Waals surface area (Å²) < 4.78 is 28.2. The highest BCUT2D eigenvalue weighted by Gasteiger charge is 2.36. The molecule has 0 saturated carbocycles. The van der Waals surface area contributed by atoms with Gasteiger partial charge in [0.1, 0.15) is 0 Å². The van der Waals surface area contributed by atoms with E-state index in [9.17, 15) is 9.13 Å². The van der Waals surface area contributed by atoms with E-state index >= 15 is 0 Å². The van der Waals surface area contributed by atoms with Crippen LogP contribution in [-0.2, 0) is 13.4 Å². The van der Waals surface area contributed by atoms with Crippen LogP contribution in [0.25, 0.3) is 0 Å². The van der Waals surface area contributed by atoms with Gasteiger partial charge in [-0.05, 0) is 0 Å². The highest BCUT2D eigenvalue weighted by molar-refractivity contribution is 7.71. The van der Waals surface area contributed by atoms with Crippen LogP contribution >= 0.6 is 14.7 Å². The molecule has 0 aliphatic heterocycles. The Balaban J connectivity index is 4.69. The van der Waals surface area contributed by atoms with E-state index < -0.39 is 19.9 Å². The molecule has 3 nitrogen and oxygen atoms in total. The molecule has 0 fully saturated rings. The summed E-state index contributed by atoms with van der Waals surface area (Å²) in [5.74, 6) is 0. The summed E-state index contributed by atoms with van der Waals surface area (Å²) in [6, 6.07) is 0. The van der Waals surface area contributed by atoms with Crippen LogP contribution in [0.3, 0.4) is 0 Å². The molecule has 0 aromatic heterocycles. The van der Waals surface area contributed by atoms with Gasteiger partial charge in [0.05, 0.1) is 0 Å². The molecule has 0 spiro atoms. The van der Waals surface area contributed by atoms with E-state index in [0.29, 0.717) is 0 Å². The van der Waals surface area contributed by atoms with Gasteiger partial charge in [0.25, 0.3) is 0 Å². The van der Waals surface area contributed by atoms with E-state index in [-0.39, 0.29) is 0 Å². The first-order valence-corrected chi connectivity index (χ1v) is 8.39. The molecule has 0 bridgehead atoms. The van der Waals surface area contributed by atoms with Gasteiger partial charge in [-0.15, -0.1) is 0 Å². The van der Waals surface area contributed by atoms with Gasteiger partial charge in [-0.3, -0.25) is 13.4 Å². The third kappa shape index (κ3) is 3.89. The second-order valence-electron chi connectivity index (χ2n) is 4.35. The molecular formula is C7H18O3P2. The van der Waals surface area contributed by atoms with Crippen molar-refractivity contribution in [1.82, 2.24) is 0 Å². The SMILES string of the molecule is CC(C)(C)P(C)(=O)OP(C)(C)=O. The molecule has 0 aliphatic rings. The highest BCUT2D eigenvalue weighted by atomic mass is 31.2. The Labute approximate surface area is 74.8 Å². The normalized spacial score (nSPS) is 18.8. The molecule has 1 atom stereocenters.